The van der Waals surface area contributed by atoms with Crippen molar-refractivity contribution >= 4 is 17.3 Å². The van der Waals surface area contributed by atoms with Crippen molar-refractivity contribution in [3.05, 3.63) is 18.0 Å². The van der Waals surface area contributed by atoms with Gasteiger partial charge in [0.25, 0.3) is 0 Å². The van der Waals surface area contributed by atoms with Gasteiger partial charge in [0.1, 0.15) is 5.75 Å². The summed E-state index contributed by atoms with van der Waals surface area (Å²) in [6.45, 7) is 15.3. The Labute approximate surface area is 149 Å². The maximum atomic E-state index is 5.46. The van der Waals surface area contributed by atoms with E-state index in [4.69, 9.17) is 15.2 Å². The molecule has 23 heavy (non-hydrogen) atoms. The van der Waals surface area contributed by atoms with E-state index in [2.05, 4.69) is 44.3 Å². The van der Waals surface area contributed by atoms with Gasteiger partial charge >= 0.3 is 0 Å². The van der Waals surface area contributed by atoms with Crippen molar-refractivity contribution in [3.63, 3.8) is 0 Å². The Bertz CT molecular complexity index is 317. The third-order valence-electron chi connectivity index (χ3n) is 1.69. The second kappa shape index (κ2) is 25.9. The molecule has 1 aromatic rings. The summed E-state index contributed by atoms with van der Waals surface area (Å²) in [5, 5.41) is 0. The molecular weight excluding hydrogens is 312 g/mol. The van der Waals surface area contributed by atoms with Gasteiger partial charge in [0.05, 0.1) is 24.7 Å². The molecule has 0 amide bonds. The quantitative estimate of drug-likeness (QED) is 0.724. The Morgan fingerprint density at radius 1 is 1.17 bits per heavy atom. The zero-order valence-corrected chi connectivity index (χ0v) is 17.6. The van der Waals surface area contributed by atoms with Crippen LogP contribution in [0.25, 0.3) is 0 Å². The first-order valence-corrected chi connectivity index (χ1v) is 8.77. The zero-order valence-electron chi connectivity index (χ0n) is 16.9. The average Bonchev–Trinajstić information content (AvgIpc) is 2.54. The summed E-state index contributed by atoms with van der Waals surface area (Å²) in [5.74, 6) is 1.57. The van der Waals surface area contributed by atoms with E-state index in [1.165, 1.54) is 6.38 Å². The molecule has 0 fully saturated rings. The number of anilines is 1. The zero-order chi connectivity index (χ0) is 19.3. The third kappa shape index (κ3) is 29.6. The van der Waals surface area contributed by atoms with Crippen molar-refractivity contribution in [1.29, 1.82) is 0 Å². The van der Waals surface area contributed by atoms with Crippen LogP contribution in [0.4, 0.5) is 5.69 Å². The Morgan fingerprint density at radius 3 is 1.83 bits per heavy atom. The number of hydrogen-bond donors (Lipinski definition) is 1. The summed E-state index contributed by atoms with van der Waals surface area (Å²) in [7, 11) is 3.31. The lowest BCUT2D eigenvalue weighted by Gasteiger charge is -2.02. The number of pyridine rings is 1. The van der Waals surface area contributed by atoms with Crippen molar-refractivity contribution in [2.75, 3.05) is 32.9 Å². The topological polar surface area (TPSA) is 57.4 Å². The first-order valence-electron chi connectivity index (χ1n) is 8.01. The SMILES string of the molecule is CC.CC(C)C.CCCOC.CCl.COc1cc(N)cnc1C. The normalized spacial score (nSPS) is 8.00. The van der Waals surface area contributed by atoms with Gasteiger partial charge in [0.15, 0.2) is 0 Å². The molecule has 4 nitrogen and oxygen atoms in total. The highest BCUT2D eigenvalue weighted by Gasteiger charge is 1.97. The van der Waals surface area contributed by atoms with E-state index >= 15 is 0 Å². The third-order valence-corrected chi connectivity index (χ3v) is 1.69. The van der Waals surface area contributed by atoms with Gasteiger partial charge in [0.2, 0.25) is 0 Å². The van der Waals surface area contributed by atoms with Crippen LogP contribution in [0.15, 0.2) is 12.3 Å². The standard InChI is InChI=1S/C7H10N2O.C4H10O.C4H10.C2H6.CH3Cl/c1-5-7(10-2)3-6(8)4-9-5;1-3-4-5-2;1-4(2)3;2*1-2/h3-4H,8H2,1-2H3;3-4H2,1-2H3;4H,1-3H3;1-2H3;1H3. The number of nitrogens with two attached hydrogens (primary N) is 1. The van der Waals surface area contributed by atoms with Crippen LogP contribution in [0.1, 0.15) is 53.7 Å². The molecule has 1 aromatic heterocycles. The summed E-state index contributed by atoms with van der Waals surface area (Å²) in [5.41, 5.74) is 6.95. The van der Waals surface area contributed by atoms with Crippen LogP contribution in [0.2, 0.25) is 0 Å². The van der Waals surface area contributed by atoms with Crippen molar-refractivity contribution in [2.24, 2.45) is 5.92 Å². The van der Waals surface area contributed by atoms with Crippen LogP contribution < -0.4 is 10.5 Å². The molecule has 140 valence electrons. The molecule has 0 spiro atoms. The lowest BCUT2D eigenvalue weighted by molar-refractivity contribution is 0.199. The maximum absolute atomic E-state index is 5.46. The Hall–Kier alpha value is -1.00. The fourth-order valence-electron chi connectivity index (χ4n) is 0.939. The minimum atomic E-state index is 0.627. The van der Waals surface area contributed by atoms with Gasteiger partial charge in [-0.15, -0.1) is 11.6 Å². The van der Waals surface area contributed by atoms with Crippen LogP contribution in [0.3, 0.4) is 0 Å². The fraction of sp³-hybridized carbons (Fsp3) is 0.722. The van der Waals surface area contributed by atoms with E-state index in [0.29, 0.717) is 5.69 Å². The highest BCUT2D eigenvalue weighted by atomic mass is 35.5. The lowest BCUT2D eigenvalue weighted by atomic mass is 10.3. The number of halogens is 1. The molecule has 5 heteroatoms. The van der Waals surface area contributed by atoms with Gasteiger partial charge in [0, 0.05) is 26.2 Å². The number of ether oxygens (including phenoxy) is 2. The molecular formula is C18H39ClN2O2. The molecule has 0 bridgehead atoms. The van der Waals surface area contributed by atoms with E-state index in [1.807, 2.05) is 20.8 Å². The van der Waals surface area contributed by atoms with Crippen molar-refractivity contribution in [3.8, 4) is 5.75 Å². The summed E-state index contributed by atoms with van der Waals surface area (Å²) >= 11 is 4.64. The van der Waals surface area contributed by atoms with Crippen molar-refractivity contribution in [1.82, 2.24) is 4.98 Å². The summed E-state index contributed by atoms with van der Waals surface area (Å²) < 4.78 is 9.67. The molecule has 0 atom stereocenters. The Morgan fingerprint density at radius 2 is 1.61 bits per heavy atom. The Balaban J connectivity index is -0.000000118. The highest BCUT2D eigenvalue weighted by molar-refractivity contribution is 6.15. The molecule has 1 heterocycles. The van der Waals surface area contributed by atoms with Gasteiger partial charge in [-0.1, -0.05) is 41.5 Å². The molecule has 0 radical (unpaired) electrons. The predicted molar refractivity (Wildman–Crippen MR) is 106 cm³/mol. The molecule has 1 rings (SSSR count). The monoisotopic (exact) mass is 350 g/mol. The molecule has 0 aliphatic heterocycles. The van der Waals surface area contributed by atoms with Crippen molar-refractivity contribution < 1.29 is 9.47 Å². The number of alkyl halides is 1. The molecule has 0 saturated carbocycles. The van der Waals surface area contributed by atoms with Crippen LogP contribution >= 0.6 is 11.6 Å². The van der Waals surface area contributed by atoms with E-state index in [0.717, 1.165) is 30.4 Å². The molecule has 0 aliphatic carbocycles. The summed E-state index contributed by atoms with van der Waals surface area (Å²) in [4.78, 5) is 4.00. The number of aromatic nitrogens is 1. The first kappa shape index (κ1) is 29.9. The van der Waals surface area contributed by atoms with E-state index < -0.39 is 0 Å². The fourth-order valence-corrected chi connectivity index (χ4v) is 0.939. The molecule has 0 saturated heterocycles. The number of nitrogen functional groups attached to an aromatic ring is 1. The van der Waals surface area contributed by atoms with E-state index in [9.17, 15) is 0 Å². The van der Waals surface area contributed by atoms with Crippen LogP contribution in [0.5, 0.6) is 5.75 Å². The number of nitrogens with zero attached hydrogens (tertiary/aromatic N) is 1. The minimum absolute atomic E-state index is 0.627. The van der Waals surface area contributed by atoms with E-state index in [-0.39, 0.29) is 0 Å². The lowest BCUT2D eigenvalue weighted by Crippen LogP contribution is -1.93. The van der Waals surface area contributed by atoms with Crippen molar-refractivity contribution in [2.45, 2.75) is 54.9 Å². The Kier molecular flexibility index (Phi) is 33.8. The molecule has 0 aliphatic rings. The van der Waals surface area contributed by atoms with Crippen LogP contribution in [0, 0.1) is 12.8 Å². The smallest absolute Gasteiger partial charge is 0.142 e. The molecule has 0 aromatic carbocycles. The van der Waals surface area contributed by atoms with Gasteiger partial charge < -0.3 is 15.2 Å². The first-order chi connectivity index (χ1) is 10.9. The largest absolute Gasteiger partial charge is 0.495 e. The van der Waals surface area contributed by atoms with E-state index in [1.54, 1.807) is 26.5 Å². The molecule has 0 unspecified atom stereocenters. The van der Waals surface area contributed by atoms with Crippen LogP contribution in [-0.2, 0) is 4.74 Å². The molecule has 2 N–H and O–H groups in total. The average molecular weight is 351 g/mol. The van der Waals surface area contributed by atoms with Gasteiger partial charge in [-0.25, -0.2) is 0 Å². The highest BCUT2D eigenvalue weighted by Crippen LogP contribution is 2.16. The number of aryl methyl sites for hydroxylation is 1. The van der Waals surface area contributed by atoms with Crippen LogP contribution in [-0.4, -0.2) is 32.2 Å². The second-order valence-electron chi connectivity index (χ2n) is 4.78. The summed E-state index contributed by atoms with van der Waals surface area (Å²) in [6.07, 6.45) is 4.20. The van der Waals surface area contributed by atoms with Gasteiger partial charge in [-0.3, -0.25) is 4.98 Å². The maximum Gasteiger partial charge on any atom is 0.142 e. The van der Waals surface area contributed by atoms with Gasteiger partial charge in [-0.05, 0) is 19.3 Å². The number of rotatable bonds is 3. The predicted octanol–water partition coefficient (Wildman–Crippen LogP) is 5.57. The summed E-state index contributed by atoms with van der Waals surface area (Å²) in [6, 6.07) is 1.75. The second-order valence-corrected chi connectivity index (χ2v) is 4.78. The minimum Gasteiger partial charge on any atom is -0.495 e. The number of hydrogen-bond acceptors (Lipinski definition) is 4. The number of methoxy groups -OCH3 is 2. The van der Waals surface area contributed by atoms with Gasteiger partial charge in [-0.2, -0.15) is 0 Å².